The molecule has 0 atom stereocenters. The molecule has 5 heteroatoms. The predicted octanol–water partition coefficient (Wildman–Crippen LogP) is 5.16. The van der Waals surface area contributed by atoms with Crippen molar-refractivity contribution in [2.45, 2.75) is 6.92 Å². The summed E-state index contributed by atoms with van der Waals surface area (Å²) < 4.78 is 1.58. The van der Waals surface area contributed by atoms with Gasteiger partial charge < -0.3 is 0 Å². The number of anilines is 1. The lowest BCUT2D eigenvalue weighted by molar-refractivity contribution is -0.113. The number of hydrogen-bond donors (Lipinski definition) is 0. The Labute approximate surface area is 147 Å². The molecular formula is C17H12BrNOS2. The standard InChI is InChI=1S/C17H12BrNOS2/c1-11-4-2-3-5-14(11)19-16(20)15(22-17(19)21)10-12-6-8-13(18)9-7-12/h2-10H,1H3. The number of para-hydroxylation sites is 1. The normalized spacial score (nSPS) is 16.6. The first-order valence-corrected chi connectivity index (χ1v) is 8.67. The van der Waals surface area contributed by atoms with Crippen LogP contribution in [0.2, 0.25) is 0 Å². The fraction of sp³-hybridized carbons (Fsp3) is 0.0588. The Morgan fingerprint density at radius 3 is 2.50 bits per heavy atom. The second-order valence-corrected chi connectivity index (χ2v) is 7.45. The van der Waals surface area contributed by atoms with Crippen LogP contribution in [-0.2, 0) is 4.79 Å². The molecule has 1 saturated heterocycles. The average molecular weight is 390 g/mol. The third kappa shape index (κ3) is 3.02. The van der Waals surface area contributed by atoms with Crippen LogP contribution in [0.5, 0.6) is 0 Å². The quantitative estimate of drug-likeness (QED) is 0.522. The SMILES string of the molecule is Cc1ccccc1N1C(=O)C(=Cc2ccc(Br)cc2)SC1=S. The monoisotopic (exact) mass is 389 g/mol. The lowest BCUT2D eigenvalue weighted by atomic mass is 10.1. The molecule has 3 rings (SSSR count). The summed E-state index contributed by atoms with van der Waals surface area (Å²) >= 11 is 10.1. The topological polar surface area (TPSA) is 20.3 Å². The number of thiocarbonyl (C=S) groups is 1. The molecular weight excluding hydrogens is 378 g/mol. The van der Waals surface area contributed by atoms with E-state index in [4.69, 9.17) is 12.2 Å². The molecule has 1 fully saturated rings. The molecule has 2 nitrogen and oxygen atoms in total. The van der Waals surface area contributed by atoms with Gasteiger partial charge in [0.05, 0.1) is 10.6 Å². The van der Waals surface area contributed by atoms with Crippen molar-refractivity contribution in [2.24, 2.45) is 0 Å². The molecule has 110 valence electrons. The molecule has 2 aromatic carbocycles. The fourth-order valence-electron chi connectivity index (χ4n) is 2.20. The molecule has 1 aliphatic heterocycles. The zero-order valence-corrected chi connectivity index (χ0v) is 15.0. The Bertz CT molecular complexity index is 784. The molecule has 0 aromatic heterocycles. The Morgan fingerprint density at radius 1 is 1.14 bits per heavy atom. The maximum Gasteiger partial charge on any atom is 0.270 e. The predicted molar refractivity (Wildman–Crippen MR) is 101 cm³/mol. The van der Waals surface area contributed by atoms with E-state index in [0.29, 0.717) is 9.23 Å². The third-order valence-corrected chi connectivity index (χ3v) is 5.15. The van der Waals surface area contributed by atoms with Gasteiger partial charge in [0.1, 0.15) is 0 Å². The molecule has 0 aliphatic carbocycles. The molecule has 1 amide bonds. The number of carbonyl (C=O) groups excluding carboxylic acids is 1. The van der Waals surface area contributed by atoms with Crippen LogP contribution in [0.25, 0.3) is 6.08 Å². The maximum absolute atomic E-state index is 12.7. The number of rotatable bonds is 2. The van der Waals surface area contributed by atoms with E-state index >= 15 is 0 Å². The zero-order valence-electron chi connectivity index (χ0n) is 11.7. The first kappa shape index (κ1) is 15.5. The Balaban J connectivity index is 1.95. The van der Waals surface area contributed by atoms with Crippen LogP contribution in [0.1, 0.15) is 11.1 Å². The number of carbonyl (C=O) groups is 1. The molecule has 0 N–H and O–H groups in total. The smallest absolute Gasteiger partial charge is 0.268 e. The number of halogens is 1. The highest BCUT2D eigenvalue weighted by molar-refractivity contribution is 9.10. The molecule has 1 aliphatic rings. The number of aryl methyl sites for hydroxylation is 1. The van der Waals surface area contributed by atoms with Crippen LogP contribution >= 0.6 is 39.9 Å². The molecule has 2 aromatic rings. The first-order valence-electron chi connectivity index (χ1n) is 6.65. The van der Waals surface area contributed by atoms with Crippen LogP contribution in [0.4, 0.5) is 5.69 Å². The van der Waals surface area contributed by atoms with Gasteiger partial charge in [-0.15, -0.1) is 0 Å². The molecule has 22 heavy (non-hydrogen) atoms. The molecule has 0 saturated carbocycles. The minimum atomic E-state index is -0.0628. The van der Waals surface area contributed by atoms with Crippen molar-refractivity contribution in [3.8, 4) is 0 Å². The van der Waals surface area contributed by atoms with Gasteiger partial charge in [-0.25, -0.2) is 0 Å². The van der Waals surface area contributed by atoms with Crippen LogP contribution in [0, 0.1) is 6.92 Å². The van der Waals surface area contributed by atoms with Crippen molar-refractivity contribution >= 4 is 61.9 Å². The number of thioether (sulfide) groups is 1. The van der Waals surface area contributed by atoms with Gasteiger partial charge >= 0.3 is 0 Å². The van der Waals surface area contributed by atoms with Gasteiger partial charge in [-0.3, -0.25) is 9.69 Å². The number of amides is 1. The van der Waals surface area contributed by atoms with Gasteiger partial charge in [0, 0.05) is 4.47 Å². The van der Waals surface area contributed by atoms with E-state index in [0.717, 1.165) is 21.3 Å². The number of hydrogen-bond acceptors (Lipinski definition) is 3. The van der Waals surface area contributed by atoms with Gasteiger partial charge in [-0.2, -0.15) is 0 Å². The largest absolute Gasteiger partial charge is 0.270 e. The van der Waals surface area contributed by atoms with Crippen LogP contribution in [-0.4, -0.2) is 10.2 Å². The number of benzene rings is 2. The summed E-state index contributed by atoms with van der Waals surface area (Å²) in [5.74, 6) is -0.0628. The van der Waals surface area contributed by atoms with Crippen LogP contribution < -0.4 is 4.90 Å². The zero-order chi connectivity index (χ0) is 15.7. The minimum Gasteiger partial charge on any atom is -0.268 e. The highest BCUT2D eigenvalue weighted by atomic mass is 79.9. The molecule has 0 bridgehead atoms. The summed E-state index contributed by atoms with van der Waals surface area (Å²) in [6.45, 7) is 1.98. The lowest BCUT2D eigenvalue weighted by Crippen LogP contribution is -2.28. The van der Waals surface area contributed by atoms with E-state index in [9.17, 15) is 4.79 Å². The van der Waals surface area contributed by atoms with E-state index in [1.54, 1.807) is 4.90 Å². The highest BCUT2D eigenvalue weighted by Gasteiger charge is 2.33. The van der Waals surface area contributed by atoms with Gasteiger partial charge in [0.2, 0.25) is 0 Å². The van der Waals surface area contributed by atoms with E-state index in [-0.39, 0.29) is 5.91 Å². The Morgan fingerprint density at radius 2 is 1.82 bits per heavy atom. The van der Waals surface area contributed by atoms with E-state index < -0.39 is 0 Å². The Kier molecular flexibility index (Phi) is 4.47. The third-order valence-electron chi connectivity index (χ3n) is 3.32. The molecule has 0 radical (unpaired) electrons. The van der Waals surface area contributed by atoms with Crippen molar-refractivity contribution < 1.29 is 4.79 Å². The van der Waals surface area contributed by atoms with E-state index in [1.165, 1.54) is 11.8 Å². The molecule has 1 heterocycles. The van der Waals surface area contributed by atoms with Crippen molar-refractivity contribution in [1.82, 2.24) is 0 Å². The van der Waals surface area contributed by atoms with Gasteiger partial charge in [0.15, 0.2) is 4.32 Å². The Hall–Kier alpha value is -1.43. The van der Waals surface area contributed by atoms with Crippen molar-refractivity contribution in [2.75, 3.05) is 4.90 Å². The maximum atomic E-state index is 12.7. The average Bonchev–Trinajstić information content (AvgIpc) is 2.77. The molecule has 0 spiro atoms. The summed E-state index contributed by atoms with van der Waals surface area (Å²) in [5.41, 5.74) is 2.86. The summed E-state index contributed by atoms with van der Waals surface area (Å²) in [5, 5.41) is 0. The minimum absolute atomic E-state index is 0.0628. The lowest BCUT2D eigenvalue weighted by Gasteiger charge is -2.16. The summed E-state index contributed by atoms with van der Waals surface area (Å²) in [6.07, 6.45) is 1.88. The van der Waals surface area contributed by atoms with Crippen molar-refractivity contribution in [3.05, 3.63) is 69.0 Å². The first-order chi connectivity index (χ1) is 10.6. The van der Waals surface area contributed by atoms with Crippen molar-refractivity contribution in [3.63, 3.8) is 0 Å². The van der Waals surface area contributed by atoms with Crippen molar-refractivity contribution in [1.29, 1.82) is 0 Å². The van der Waals surface area contributed by atoms with Crippen LogP contribution in [0.3, 0.4) is 0 Å². The second-order valence-electron chi connectivity index (χ2n) is 4.86. The van der Waals surface area contributed by atoms with Gasteiger partial charge in [-0.1, -0.05) is 70.2 Å². The van der Waals surface area contributed by atoms with Crippen LogP contribution in [0.15, 0.2) is 57.9 Å². The van der Waals surface area contributed by atoms with E-state index in [1.807, 2.05) is 61.5 Å². The molecule has 0 unspecified atom stereocenters. The highest BCUT2D eigenvalue weighted by Crippen LogP contribution is 2.37. The summed E-state index contributed by atoms with van der Waals surface area (Å²) in [7, 11) is 0. The summed E-state index contributed by atoms with van der Waals surface area (Å²) in [6, 6.07) is 15.6. The van der Waals surface area contributed by atoms with Gasteiger partial charge in [-0.05, 0) is 42.3 Å². The van der Waals surface area contributed by atoms with E-state index in [2.05, 4.69) is 15.9 Å². The number of nitrogens with zero attached hydrogens (tertiary/aromatic N) is 1. The second kappa shape index (κ2) is 6.36. The summed E-state index contributed by atoms with van der Waals surface area (Å²) in [4.78, 5) is 14.9. The van der Waals surface area contributed by atoms with Gasteiger partial charge in [0.25, 0.3) is 5.91 Å². The fourth-order valence-corrected chi connectivity index (χ4v) is 3.75.